The highest BCUT2D eigenvalue weighted by atomic mass is 16.3. The Hall–Kier alpha value is -2.28. The normalized spacial score (nSPS) is 10.8. The van der Waals surface area contributed by atoms with Crippen LogP contribution in [0.4, 0.5) is 0 Å². The number of nitrogens with zero attached hydrogens (tertiary/aromatic N) is 2. The topological polar surface area (TPSA) is 64.3 Å². The first-order valence-electron chi connectivity index (χ1n) is 5.82. The number of hydrogen-bond donors (Lipinski definition) is 1. The van der Waals surface area contributed by atoms with Crippen LogP contribution in [0.5, 0.6) is 5.75 Å². The van der Waals surface area contributed by atoms with Gasteiger partial charge in [-0.05, 0) is 37.6 Å². The number of nitriles is 1. The standard InChI is InChI=1S/C14H16N2O2/c1-3-16(4-2)14(18)12(10-15)9-11-5-7-13(17)8-6-11/h5-9,17H,3-4H2,1-2H3/b12-9+. The van der Waals surface area contributed by atoms with Crippen molar-refractivity contribution in [2.75, 3.05) is 13.1 Å². The second kappa shape index (κ2) is 6.45. The van der Waals surface area contributed by atoms with Crippen LogP contribution in [0, 0.1) is 11.3 Å². The molecule has 0 unspecified atom stereocenters. The Balaban J connectivity index is 3.00. The van der Waals surface area contributed by atoms with Gasteiger partial charge in [0, 0.05) is 13.1 Å². The van der Waals surface area contributed by atoms with Gasteiger partial charge in [-0.3, -0.25) is 4.79 Å². The molecule has 0 aliphatic rings. The minimum atomic E-state index is -0.268. The van der Waals surface area contributed by atoms with Crippen molar-refractivity contribution in [1.29, 1.82) is 5.26 Å². The minimum absolute atomic E-state index is 0.101. The summed E-state index contributed by atoms with van der Waals surface area (Å²) in [5, 5.41) is 18.2. The van der Waals surface area contributed by atoms with Gasteiger partial charge in [-0.15, -0.1) is 0 Å². The number of hydrogen-bond acceptors (Lipinski definition) is 3. The smallest absolute Gasteiger partial charge is 0.264 e. The van der Waals surface area contributed by atoms with Crippen molar-refractivity contribution in [3.63, 3.8) is 0 Å². The molecule has 1 aromatic rings. The first-order chi connectivity index (χ1) is 8.62. The average molecular weight is 244 g/mol. The molecule has 1 amide bonds. The van der Waals surface area contributed by atoms with E-state index in [2.05, 4.69) is 0 Å². The molecule has 0 saturated carbocycles. The molecule has 18 heavy (non-hydrogen) atoms. The third kappa shape index (κ3) is 3.36. The number of amides is 1. The summed E-state index contributed by atoms with van der Waals surface area (Å²) in [6, 6.07) is 8.26. The maximum absolute atomic E-state index is 12.0. The molecule has 0 aliphatic heterocycles. The van der Waals surface area contributed by atoms with Gasteiger partial charge in [-0.25, -0.2) is 0 Å². The van der Waals surface area contributed by atoms with Gasteiger partial charge in [0.1, 0.15) is 17.4 Å². The molecule has 0 bridgehead atoms. The lowest BCUT2D eigenvalue weighted by molar-refractivity contribution is -0.126. The summed E-state index contributed by atoms with van der Waals surface area (Å²) in [4.78, 5) is 13.6. The summed E-state index contributed by atoms with van der Waals surface area (Å²) in [6.45, 7) is 4.89. The van der Waals surface area contributed by atoms with Crippen LogP contribution in [0.3, 0.4) is 0 Å². The van der Waals surface area contributed by atoms with Crippen molar-refractivity contribution >= 4 is 12.0 Å². The summed E-state index contributed by atoms with van der Waals surface area (Å²) in [6.07, 6.45) is 1.53. The van der Waals surface area contributed by atoms with E-state index in [1.54, 1.807) is 17.0 Å². The molecule has 0 fully saturated rings. The fourth-order valence-corrected chi connectivity index (χ4v) is 1.56. The van der Waals surface area contributed by atoms with Gasteiger partial charge in [0.15, 0.2) is 0 Å². The molecule has 1 aromatic carbocycles. The van der Waals surface area contributed by atoms with E-state index < -0.39 is 0 Å². The summed E-state index contributed by atoms with van der Waals surface area (Å²) < 4.78 is 0. The summed E-state index contributed by atoms with van der Waals surface area (Å²) in [7, 11) is 0. The molecule has 0 aliphatic carbocycles. The summed E-state index contributed by atoms with van der Waals surface area (Å²) in [5.74, 6) is -0.115. The van der Waals surface area contributed by atoms with E-state index in [1.807, 2.05) is 19.9 Å². The monoisotopic (exact) mass is 244 g/mol. The van der Waals surface area contributed by atoms with Crippen LogP contribution in [0.15, 0.2) is 29.8 Å². The Morgan fingerprint density at radius 3 is 2.33 bits per heavy atom. The highest BCUT2D eigenvalue weighted by Gasteiger charge is 2.14. The fraction of sp³-hybridized carbons (Fsp3) is 0.286. The first-order valence-corrected chi connectivity index (χ1v) is 5.82. The largest absolute Gasteiger partial charge is 0.508 e. The fourth-order valence-electron chi connectivity index (χ4n) is 1.56. The second-order valence-corrected chi connectivity index (χ2v) is 3.74. The zero-order chi connectivity index (χ0) is 13.5. The minimum Gasteiger partial charge on any atom is -0.508 e. The molecule has 4 nitrogen and oxygen atoms in total. The molecule has 0 atom stereocenters. The van der Waals surface area contributed by atoms with Gasteiger partial charge >= 0.3 is 0 Å². The van der Waals surface area contributed by atoms with Gasteiger partial charge in [-0.1, -0.05) is 12.1 Å². The van der Waals surface area contributed by atoms with Crippen LogP contribution in [0.25, 0.3) is 6.08 Å². The van der Waals surface area contributed by atoms with E-state index in [0.717, 1.165) is 0 Å². The lowest BCUT2D eigenvalue weighted by Crippen LogP contribution is -2.31. The van der Waals surface area contributed by atoms with Crippen LogP contribution in [-0.2, 0) is 4.79 Å². The maximum atomic E-state index is 12.0. The number of carbonyl (C=O) groups is 1. The third-order valence-corrected chi connectivity index (χ3v) is 2.61. The summed E-state index contributed by atoms with van der Waals surface area (Å²) >= 11 is 0. The Labute approximate surface area is 107 Å². The van der Waals surface area contributed by atoms with Crippen molar-refractivity contribution in [2.45, 2.75) is 13.8 Å². The van der Waals surface area contributed by atoms with Gasteiger partial charge < -0.3 is 10.0 Å². The number of phenolic OH excluding ortho intramolecular Hbond substituents is 1. The second-order valence-electron chi connectivity index (χ2n) is 3.74. The number of benzene rings is 1. The van der Waals surface area contributed by atoms with E-state index >= 15 is 0 Å². The highest BCUT2D eigenvalue weighted by molar-refractivity contribution is 6.01. The van der Waals surface area contributed by atoms with Crippen LogP contribution >= 0.6 is 0 Å². The molecular weight excluding hydrogens is 228 g/mol. The lowest BCUT2D eigenvalue weighted by Gasteiger charge is -2.17. The average Bonchev–Trinajstić information content (AvgIpc) is 2.39. The quantitative estimate of drug-likeness (QED) is 0.652. The molecule has 1 N–H and O–H groups in total. The third-order valence-electron chi connectivity index (χ3n) is 2.61. The Bertz CT molecular complexity index is 480. The Morgan fingerprint density at radius 1 is 1.33 bits per heavy atom. The van der Waals surface area contributed by atoms with Crippen LogP contribution in [-0.4, -0.2) is 29.0 Å². The van der Waals surface area contributed by atoms with Crippen LogP contribution in [0.1, 0.15) is 19.4 Å². The van der Waals surface area contributed by atoms with E-state index in [0.29, 0.717) is 18.7 Å². The van der Waals surface area contributed by atoms with E-state index in [4.69, 9.17) is 10.4 Å². The maximum Gasteiger partial charge on any atom is 0.264 e. The van der Waals surface area contributed by atoms with Gasteiger partial charge in [-0.2, -0.15) is 5.26 Å². The van der Waals surface area contributed by atoms with Gasteiger partial charge in [0.05, 0.1) is 0 Å². The highest BCUT2D eigenvalue weighted by Crippen LogP contribution is 2.13. The number of carbonyl (C=O) groups excluding carboxylic acids is 1. The van der Waals surface area contributed by atoms with E-state index in [1.165, 1.54) is 18.2 Å². The molecule has 1 rings (SSSR count). The van der Waals surface area contributed by atoms with Crippen LogP contribution in [0.2, 0.25) is 0 Å². The summed E-state index contributed by atoms with van der Waals surface area (Å²) in [5.41, 5.74) is 0.814. The number of rotatable bonds is 4. The molecule has 0 saturated heterocycles. The zero-order valence-electron chi connectivity index (χ0n) is 10.6. The van der Waals surface area contributed by atoms with Gasteiger partial charge in [0.25, 0.3) is 5.91 Å². The molecule has 0 aromatic heterocycles. The van der Waals surface area contributed by atoms with E-state index in [-0.39, 0.29) is 17.2 Å². The SMILES string of the molecule is CCN(CC)C(=O)/C(C#N)=C/c1ccc(O)cc1. The van der Waals surface area contributed by atoms with Crippen molar-refractivity contribution in [3.05, 3.63) is 35.4 Å². The molecule has 94 valence electrons. The van der Waals surface area contributed by atoms with Crippen molar-refractivity contribution in [2.24, 2.45) is 0 Å². The Morgan fingerprint density at radius 2 is 1.89 bits per heavy atom. The van der Waals surface area contributed by atoms with Crippen LogP contribution < -0.4 is 0 Å². The molecule has 0 radical (unpaired) electrons. The van der Waals surface area contributed by atoms with Crippen molar-refractivity contribution in [3.8, 4) is 11.8 Å². The predicted octanol–water partition coefficient (Wildman–Crippen LogP) is 2.17. The lowest BCUT2D eigenvalue weighted by atomic mass is 10.1. The molecule has 4 heteroatoms. The molecule has 0 heterocycles. The number of aromatic hydroxyl groups is 1. The number of phenols is 1. The van der Waals surface area contributed by atoms with E-state index in [9.17, 15) is 4.79 Å². The van der Waals surface area contributed by atoms with Crippen molar-refractivity contribution in [1.82, 2.24) is 4.90 Å². The molecule has 0 spiro atoms. The predicted molar refractivity (Wildman–Crippen MR) is 69.6 cm³/mol. The first kappa shape index (κ1) is 13.8. The molecular formula is C14H16N2O2. The van der Waals surface area contributed by atoms with Crippen molar-refractivity contribution < 1.29 is 9.90 Å². The van der Waals surface area contributed by atoms with Gasteiger partial charge in [0.2, 0.25) is 0 Å². The number of likely N-dealkylation sites (N-methyl/N-ethyl adjacent to an activating group) is 1. The Kier molecular flexibility index (Phi) is 4.94. The zero-order valence-corrected chi connectivity index (χ0v) is 10.6.